The Hall–Kier alpha value is 0.210. The number of rotatable bonds is 24. The highest BCUT2D eigenvalue weighted by atomic mass is 31.2. The van der Waals surface area contributed by atoms with Crippen molar-refractivity contribution in [3.63, 3.8) is 0 Å². The van der Waals surface area contributed by atoms with Gasteiger partial charge in [-0.15, -0.1) is 0 Å². The van der Waals surface area contributed by atoms with E-state index >= 15 is 0 Å². The first-order valence-corrected chi connectivity index (χ1v) is 19.3. The summed E-state index contributed by atoms with van der Waals surface area (Å²) < 4.78 is 53.1. The van der Waals surface area contributed by atoms with Crippen LogP contribution in [0.5, 0.6) is 0 Å². The summed E-state index contributed by atoms with van der Waals surface area (Å²) in [6.07, 6.45) is 5.37. The summed E-state index contributed by atoms with van der Waals surface area (Å²) in [5, 5.41) is 21.3. The lowest BCUT2D eigenvalue weighted by atomic mass is 9.85. The summed E-state index contributed by atoms with van der Waals surface area (Å²) in [5.41, 5.74) is 0. The van der Waals surface area contributed by atoms with Crippen molar-refractivity contribution in [2.45, 2.75) is 146 Å². The number of hydrogen-bond donors (Lipinski definition) is 8. The molecule has 2 unspecified atom stereocenters. The van der Waals surface area contributed by atoms with Gasteiger partial charge >= 0.3 is 23.5 Å². The number of unbranched alkanes of at least 4 members (excludes halogenated alkanes) is 15. The Balaban J connectivity index is 2.48. The largest absolute Gasteiger partial charge is 0.470 e. The molecule has 0 aliphatic heterocycles. The van der Waals surface area contributed by atoms with Crippen LogP contribution in [-0.4, -0.2) is 82.8 Å². The van der Waals surface area contributed by atoms with Gasteiger partial charge in [0.1, 0.15) is 36.6 Å². The Morgan fingerprint density at radius 2 is 0.738 bits per heavy atom. The molecule has 0 amide bonds. The Bertz CT molecular complexity index is 822. The molecular weight excluding hydrogens is 621 g/mol. The number of hydrogen-bond acceptors (Lipinski definition) is 9. The van der Waals surface area contributed by atoms with E-state index in [0.29, 0.717) is 6.42 Å². The van der Waals surface area contributed by atoms with Crippen LogP contribution in [0.1, 0.15) is 110 Å². The molecule has 1 aliphatic carbocycles. The minimum atomic E-state index is -5.50. The maximum absolute atomic E-state index is 11.5. The second-order valence-corrected chi connectivity index (χ2v) is 14.4. The van der Waals surface area contributed by atoms with Crippen molar-refractivity contribution in [2.75, 3.05) is 6.61 Å². The third-order valence-corrected chi connectivity index (χ3v) is 8.63. The first-order chi connectivity index (χ1) is 19.6. The van der Waals surface area contributed by atoms with Crippen molar-refractivity contribution in [3.05, 3.63) is 0 Å². The zero-order valence-electron chi connectivity index (χ0n) is 24.3. The van der Waals surface area contributed by atoms with E-state index in [1.807, 2.05) is 0 Å². The molecule has 6 atom stereocenters. The molecule has 0 spiro atoms. The van der Waals surface area contributed by atoms with Gasteiger partial charge in [-0.25, -0.2) is 13.7 Å². The van der Waals surface area contributed by atoms with E-state index in [2.05, 4.69) is 20.5 Å². The standard InChI is InChI=1S/C24H51O15P3/c1-2-3-4-5-6-7-8-9-10-11-12-13-14-15-16-17-18-36-21-19(25)22(37-40(27,28)29)24(39-42(33,34)35)23(20(21)26)38-41(30,31)32/h19-26H,2-18H2,1H3,(H2,27,28,29)(H2,30,31,32)(H2,33,34,35)/t19-,20-,21?,22-,23+,24?/m0/s1. The first kappa shape index (κ1) is 40.2. The maximum atomic E-state index is 11.5. The van der Waals surface area contributed by atoms with Gasteiger partial charge < -0.3 is 44.3 Å². The summed E-state index contributed by atoms with van der Waals surface area (Å²) in [6, 6.07) is 0. The number of phosphoric acid groups is 3. The number of aliphatic hydroxyl groups excluding tert-OH is 2. The predicted molar refractivity (Wildman–Crippen MR) is 152 cm³/mol. The van der Waals surface area contributed by atoms with Crippen LogP contribution < -0.4 is 0 Å². The molecule has 252 valence electrons. The fraction of sp³-hybridized carbons (Fsp3) is 1.00. The van der Waals surface area contributed by atoms with Gasteiger partial charge in [-0.2, -0.15) is 0 Å². The molecule has 0 saturated heterocycles. The molecule has 18 heteroatoms. The first-order valence-electron chi connectivity index (χ1n) is 14.8. The quantitative estimate of drug-likeness (QED) is 0.0536. The Morgan fingerprint density at radius 3 is 1.05 bits per heavy atom. The summed E-state index contributed by atoms with van der Waals surface area (Å²) in [4.78, 5) is 55.4. The van der Waals surface area contributed by atoms with E-state index in [1.54, 1.807) is 0 Å². The smallest absolute Gasteiger partial charge is 0.387 e. The van der Waals surface area contributed by atoms with Gasteiger partial charge in [0.25, 0.3) is 0 Å². The monoisotopic (exact) mass is 672 g/mol. The van der Waals surface area contributed by atoms with Crippen molar-refractivity contribution in [1.29, 1.82) is 0 Å². The van der Waals surface area contributed by atoms with Crippen LogP contribution >= 0.6 is 23.5 Å². The Labute approximate surface area is 248 Å². The lowest BCUT2D eigenvalue weighted by molar-refractivity contribution is -0.225. The van der Waals surface area contributed by atoms with Gasteiger partial charge in [-0.1, -0.05) is 103 Å². The topological polar surface area (TPSA) is 250 Å². The van der Waals surface area contributed by atoms with Gasteiger partial charge in [-0.05, 0) is 6.42 Å². The molecule has 1 aliphatic rings. The highest BCUT2D eigenvalue weighted by Crippen LogP contribution is 2.50. The molecule has 1 saturated carbocycles. The molecule has 8 N–H and O–H groups in total. The Kier molecular flexibility index (Phi) is 19.5. The van der Waals surface area contributed by atoms with Crippen LogP contribution in [0.4, 0.5) is 0 Å². The fourth-order valence-corrected chi connectivity index (χ4v) is 6.74. The van der Waals surface area contributed by atoms with Crippen LogP contribution in [0.25, 0.3) is 0 Å². The third kappa shape index (κ3) is 18.2. The van der Waals surface area contributed by atoms with E-state index in [4.69, 9.17) is 4.74 Å². The van der Waals surface area contributed by atoms with Crippen molar-refractivity contribution < 1.29 is 71.6 Å². The zero-order chi connectivity index (χ0) is 31.8. The maximum Gasteiger partial charge on any atom is 0.470 e. The summed E-state index contributed by atoms with van der Waals surface area (Å²) in [5.74, 6) is 0. The number of phosphoric ester groups is 3. The predicted octanol–water partition coefficient (Wildman–Crippen LogP) is 3.80. The van der Waals surface area contributed by atoms with Gasteiger partial charge in [0.05, 0.1) is 0 Å². The summed E-state index contributed by atoms with van der Waals surface area (Å²) in [6.45, 7) is 2.17. The molecule has 0 aromatic heterocycles. The molecule has 0 aromatic rings. The van der Waals surface area contributed by atoms with Crippen LogP contribution in [0.15, 0.2) is 0 Å². The van der Waals surface area contributed by atoms with Crippen molar-refractivity contribution in [3.8, 4) is 0 Å². The highest BCUT2D eigenvalue weighted by molar-refractivity contribution is 7.47. The van der Waals surface area contributed by atoms with Crippen LogP contribution in [-0.2, 0) is 32.0 Å². The van der Waals surface area contributed by atoms with Gasteiger partial charge in [0.2, 0.25) is 0 Å². The zero-order valence-corrected chi connectivity index (χ0v) is 26.9. The van der Waals surface area contributed by atoms with Crippen LogP contribution in [0.2, 0.25) is 0 Å². The van der Waals surface area contributed by atoms with Crippen molar-refractivity contribution >= 4 is 23.5 Å². The third-order valence-electron chi connectivity index (χ3n) is 7.08. The SMILES string of the molecule is CCCCCCCCCCCCCCCCCCOC1[C@H](O)[C@H](OP(=O)(O)O)C(OP(=O)(O)O)[C@H](OP(=O)(O)O)[C@H]1O. The molecular formula is C24H51O15P3. The normalized spacial score (nSPS) is 25.6. The molecule has 0 aromatic carbocycles. The molecule has 42 heavy (non-hydrogen) atoms. The van der Waals surface area contributed by atoms with Gasteiger partial charge in [0, 0.05) is 6.61 Å². The number of ether oxygens (including phenoxy) is 1. The highest BCUT2D eigenvalue weighted by Gasteiger charge is 2.57. The number of aliphatic hydroxyl groups is 2. The summed E-state index contributed by atoms with van der Waals surface area (Å²) >= 11 is 0. The average Bonchev–Trinajstić information content (AvgIpc) is 2.85. The molecule has 0 radical (unpaired) electrons. The Morgan fingerprint density at radius 1 is 0.452 bits per heavy atom. The second-order valence-electron chi connectivity index (χ2n) is 10.8. The van der Waals surface area contributed by atoms with Crippen LogP contribution in [0, 0.1) is 0 Å². The molecule has 0 heterocycles. The minimum Gasteiger partial charge on any atom is -0.387 e. The van der Waals surface area contributed by atoms with E-state index in [-0.39, 0.29) is 6.61 Å². The summed E-state index contributed by atoms with van der Waals surface area (Å²) in [7, 11) is -16.4. The molecule has 1 rings (SSSR count). The van der Waals surface area contributed by atoms with E-state index in [9.17, 15) is 53.3 Å². The minimum absolute atomic E-state index is 0.0491. The average molecular weight is 673 g/mol. The van der Waals surface area contributed by atoms with Gasteiger partial charge in [0.15, 0.2) is 0 Å². The lowest BCUT2D eigenvalue weighted by Gasteiger charge is -2.46. The van der Waals surface area contributed by atoms with E-state index in [0.717, 1.165) is 32.1 Å². The molecule has 0 bridgehead atoms. The van der Waals surface area contributed by atoms with Crippen LogP contribution in [0.3, 0.4) is 0 Å². The second kappa shape index (κ2) is 20.4. The van der Waals surface area contributed by atoms with Crippen molar-refractivity contribution in [1.82, 2.24) is 0 Å². The molecule has 15 nitrogen and oxygen atoms in total. The van der Waals surface area contributed by atoms with E-state index < -0.39 is 60.1 Å². The van der Waals surface area contributed by atoms with Crippen molar-refractivity contribution in [2.24, 2.45) is 0 Å². The van der Waals surface area contributed by atoms with E-state index in [1.165, 1.54) is 64.2 Å². The van der Waals surface area contributed by atoms with Gasteiger partial charge in [-0.3, -0.25) is 13.6 Å². The molecule has 1 fully saturated rings. The fourth-order valence-electron chi connectivity index (χ4n) is 5.06. The lowest BCUT2D eigenvalue weighted by Crippen LogP contribution is -2.65.